The fourth-order valence-corrected chi connectivity index (χ4v) is 1.52. The van der Waals surface area contributed by atoms with E-state index < -0.39 is 0 Å². The maximum Gasteiger partial charge on any atom is 0.142 e. The molecule has 0 saturated carbocycles. The van der Waals surface area contributed by atoms with Gasteiger partial charge in [0, 0.05) is 18.5 Å². The third kappa shape index (κ3) is 3.68. The fourth-order valence-electron chi connectivity index (χ4n) is 1.27. The average molecular weight is 232 g/mol. The van der Waals surface area contributed by atoms with Crippen LogP contribution < -0.4 is 10.1 Å². The molecule has 4 heteroatoms. The van der Waals surface area contributed by atoms with Crippen molar-refractivity contribution in [3.05, 3.63) is 28.8 Å². The molecule has 0 heterocycles. The lowest BCUT2D eigenvalue weighted by atomic mass is 10.2. The molecule has 0 amide bonds. The predicted octanol–water partition coefficient (Wildman–Crippen LogP) is 2.80. The maximum atomic E-state index is 11.9. The summed E-state index contributed by atoms with van der Waals surface area (Å²) in [5.41, 5.74) is 0.990. The molecule has 0 atom stereocenters. The van der Waals surface area contributed by atoms with Crippen LogP contribution in [-0.4, -0.2) is 20.3 Å². The molecule has 1 N–H and O–H groups in total. The Morgan fingerprint density at radius 1 is 1.47 bits per heavy atom. The van der Waals surface area contributed by atoms with Crippen molar-refractivity contribution in [1.82, 2.24) is 5.32 Å². The molecule has 1 aromatic rings. The summed E-state index contributed by atoms with van der Waals surface area (Å²) in [6.45, 7) is 0.675. The highest BCUT2D eigenvalue weighted by Gasteiger charge is 2.07. The van der Waals surface area contributed by atoms with Crippen LogP contribution >= 0.6 is 11.6 Å². The average Bonchev–Trinajstić information content (AvgIpc) is 2.23. The molecule has 0 unspecified atom stereocenters. The zero-order chi connectivity index (χ0) is 11.1. The van der Waals surface area contributed by atoms with E-state index in [1.54, 1.807) is 6.07 Å². The van der Waals surface area contributed by atoms with Gasteiger partial charge in [0.05, 0.1) is 18.3 Å². The first-order valence-corrected chi connectivity index (χ1v) is 5.28. The number of hydrogen-bond acceptors (Lipinski definition) is 2. The summed E-state index contributed by atoms with van der Waals surface area (Å²) >= 11 is 6.00. The Morgan fingerprint density at radius 2 is 2.27 bits per heavy atom. The quantitative estimate of drug-likeness (QED) is 0.761. The summed E-state index contributed by atoms with van der Waals surface area (Å²) in [6, 6.07) is 5.58. The van der Waals surface area contributed by atoms with Crippen LogP contribution in [0.4, 0.5) is 4.39 Å². The van der Waals surface area contributed by atoms with Gasteiger partial charge in [-0.05, 0) is 13.1 Å². The van der Waals surface area contributed by atoms with Crippen LogP contribution in [-0.2, 0) is 6.54 Å². The van der Waals surface area contributed by atoms with E-state index in [0.29, 0.717) is 30.3 Å². The number of hydrogen-bond donors (Lipinski definition) is 1. The van der Waals surface area contributed by atoms with E-state index in [4.69, 9.17) is 16.3 Å². The molecule has 0 fully saturated rings. The van der Waals surface area contributed by atoms with Crippen LogP contribution in [0.3, 0.4) is 0 Å². The molecule has 0 aliphatic heterocycles. The second-order valence-electron chi connectivity index (χ2n) is 3.15. The van der Waals surface area contributed by atoms with Crippen molar-refractivity contribution in [3.8, 4) is 5.75 Å². The molecule has 0 aliphatic carbocycles. The first kappa shape index (κ1) is 12.3. The Bertz CT molecular complexity index is 307. The van der Waals surface area contributed by atoms with Crippen LogP contribution in [0.2, 0.25) is 5.02 Å². The van der Waals surface area contributed by atoms with Crippen molar-refractivity contribution in [1.29, 1.82) is 0 Å². The lowest BCUT2D eigenvalue weighted by molar-refractivity contribution is 0.287. The first-order valence-electron chi connectivity index (χ1n) is 4.90. The van der Waals surface area contributed by atoms with Gasteiger partial charge in [-0.3, -0.25) is 4.39 Å². The van der Waals surface area contributed by atoms with Crippen LogP contribution in [0.15, 0.2) is 18.2 Å². The zero-order valence-corrected chi connectivity index (χ0v) is 9.48. The molecule has 84 valence electrons. The second-order valence-corrected chi connectivity index (χ2v) is 3.56. The summed E-state index contributed by atoms with van der Waals surface area (Å²) in [7, 11) is 1.85. The SMILES string of the molecule is CNCc1cccc(Cl)c1OCCCF. The Morgan fingerprint density at radius 3 is 2.93 bits per heavy atom. The summed E-state index contributed by atoms with van der Waals surface area (Å²) in [6.07, 6.45) is 0.393. The summed E-state index contributed by atoms with van der Waals surface area (Å²) < 4.78 is 17.4. The molecule has 0 radical (unpaired) electrons. The molecular weight excluding hydrogens is 217 g/mol. The van der Waals surface area contributed by atoms with E-state index in [-0.39, 0.29) is 6.67 Å². The molecule has 2 nitrogen and oxygen atoms in total. The molecule has 0 saturated heterocycles. The summed E-state index contributed by atoms with van der Waals surface area (Å²) in [5, 5.41) is 3.60. The van der Waals surface area contributed by atoms with Gasteiger partial charge in [0.2, 0.25) is 0 Å². The molecule has 15 heavy (non-hydrogen) atoms. The Balaban J connectivity index is 2.72. The van der Waals surface area contributed by atoms with E-state index in [1.807, 2.05) is 19.2 Å². The lowest BCUT2D eigenvalue weighted by Gasteiger charge is -2.12. The Labute approximate surface area is 94.4 Å². The summed E-state index contributed by atoms with van der Waals surface area (Å²) in [5.74, 6) is 0.655. The molecule has 0 aromatic heterocycles. The van der Waals surface area contributed by atoms with Gasteiger partial charge in [0.1, 0.15) is 5.75 Å². The highest BCUT2D eigenvalue weighted by atomic mass is 35.5. The highest BCUT2D eigenvalue weighted by molar-refractivity contribution is 6.32. The molecule has 0 bridgehead atoms. The molecular formula is C11H15ClFNO. The molecule has 1 rings (SSSR count). The van der Waals surface area contributed by atoms with E-state index in [2.05, 4.69) is 5.32 Å². The van der Waals surface area contributed by atoms with Gasteiger partial charge < -0.3 is 10.1 Å². The largest absolute Gasteiger partial charge is 0.492 e. The first-order chi connectivity index (χ1) is 7.29. The monoisotopic (exact) mass is 231 g/mol. The topological polar surface area (TPSA) is 21.3 Å². The maximum absolute atomic E-state index is 11.9. The van der Waals surface area contributed by atoms with Gasteiger partial charge in [0.25, 0.3) is 0 Å². The van der Waals surface area contributed by atoms with Crippen LogP contribution in [0.25, 0.3) is 0 Å². The van der Waals surface area contributed by atoms with Gasteiger partial charge in [-0.2, -0.15) is 0 Å². The van der Waals surface area contributed by atoms with Crippen molar-refractivity contribution in [3.63, 3.8) is 0 Å². The Kier molecular flexibility index (Phi) is 5.43. The minimum Gasteiger partial charge on any atom is -0.492 e. The number of benzene rings is 1. The zero-order valence-electron chi connectivity index (χ0n) is 8.72. The van der Waals surface area contributed by atoms with Gasteiger partial charge in [-0.25, -0.2) is 0 Å². The number of para-hydroxylation sites is 1. The van der Waals surface area contributed by atoms with E-state index >= 15 is 0 Å². The van der Waals surface area contributed by atoms with Gasteiger partial charge in [-0.1, -0.05) is 23.7 Å². The van der Waals surface area contributed by atoms with Gasteiger partial charge in [-0.15, -0.1) is 0 Å². The number of rotatable bonds is 6. The van der Waals surface area contributed by atoms with E-state index in [0.717, 1.165) is 5.56 Å². The minimum absolute atomic E-state index is 0.358. The van der Waals surface area contributed by atoms with Crippen LogP contribution in [0.5, 0.6) is 5.75 Å². The standard InChI is InChI=1S/C11H15ClFNO/c1-14-8-9-4-2-5-10(12)11(9)15-7-3-6-13/h2,4-5,14H,3,6-8H2,1H3. The van der Waals surface area contributed by atoms with Crippen molar-refractivity contribution in [2.75, 3.05) is 20.3 Å². The second kappa shape index (κ2) is 6.64. The minimum atomic E-state index is -0.369. The van der Waals surface area contributed by atoms with Crippen molar-refractivity contribution in [2.45, 2.75) is 13.0 Å². The number of halogens is 2. The van der Waals surface area contributed by atoms with Crippen molar-refractivity contribution >= 4 is 11.6 Å². The van der Waals surface area contributed by atoms with Gasteiger partial charge in [0.15, 0.2) is 0 Å². The number of alkyl halides is 1. The van der Waals surface area contributed by atoms with Gasteiger partial charge >= 0.3 is 0 Å². The third-order valence-corrected chi connectivity index (χ3v) is 2.24. The predicted molar refractivity (Wildman–Crippen MR) is 60.3 cm³/mol. The molecule has 0 aliphatic rings. The van der Waals surface area contributed by atoms with Crippen LogP contribution in [0.1, 0.15) is 12.0 Å². The highest BCUT2D eigenvalue weighted by Crippen LogP contribution is 2.28. The van der Waals surface area contributed by atoms with E-state index in [9.17, 15) is 4.39 Å². The van der Waals surface area contributed by atoms with E-state index in [1.165, 1.54) is 0 Å². The molecule has 0 spiro atoms. The number of nitrogens with one attached hydrogen (secondary N) is 1. The fraction of sp³-hybridized carbons (Fsp3) is 0.455. The van der Waals surface area contributed by atoms with Crippen molar-refractivity contribution < 1.29 is 9.13 Å². The summed E-state index contributed by atoms with van der Waals surface area (Å²) in [4.78, 5) is 0. The Hall–Kier alpha value is -0.800. The van der Waals surface area contributed by atoms with Crippen LogP contribution in [0, 0.1) is 0 Å². The normalized spacial score (nSPS) is 10.3. The molecule has 1 aromatic carbocycles. The third-order valence-electron chi connectivity index (χ3n) is 1.94. The smallest absolute Gasteiger partial charge is 0.142 e. The lowest BCUT2D eigenvalue weighted by Crippen LogP contribution is -2.08. The van der Waals surface area contributed by atoms with Crippen molar-refractivity contribution in [2.24, 2.45) is 0 Å². The number of ether oxygens (including phenoxy) is 1.